The molecule has 3 heterocycles. The Morgan fingerprint density at radius 2 is 2.07 bits per heavy atom. The van der Waals surface area contributed by atoms with Crippen molar-refractivity contribution in [2.75, 3.05) is 11.1 Å². The molecule has 1 aromatic carbocycles. The summed E-state index contributed by atoms with van der Waals surface area (Å²) in [5.74, 6) is 1.22. The quantitative estimate of drug-likeness (QED) is 0.470. The number of benzene rings is 1. The van der Waals surface area contributed by atoms with Crippen LogP contribution in [0.5, 0.6) is 0 Å². The zero-order valence-corrected chi connectivity index (χ0v) is 17.5. The fraction of sp³-hybridized carbons (Fsp3) is 0.158. The molecule has 29 heavy (non-hydrogen) atoms. The number of fused-ring (bicyclic) bond motifs is 1. The molecule has 10 heteroatoms. The molecule has 0 saturated carbocycles. The first-order valence-electron chi connectivity index (χ1n) is 8.68. The first-order valence-corrected chi connectivity index (χ1v) is 11.1. The van der Waals surface area contributed by atoms with Gasteiger partial charge in [-0.1, -0.05) is 23.7 Å². The number of thiazole rings is 1. The van der Waals surface area contributed by atoms with E-state index >= 15 is 0 Å². The Labute approximate surface area is 179 Å². The van der Waals surface area contributed by atoms with Crippen molar-refractivity contribution < 1.29 is 4.79 Å². The maximum Gasteiger partial charge on any atom is 0.258 e. The third-order valence-electron chi connectivity index (χ3n) is 4.07. The molecule has 0 aliphatic heterocycles. The number of aromatic nitrogens is 4. The number of amides is 1. The topological polar surface area (TPSA) is 81.3 Å². The van der Waals surface area contributed by atoms with Crippen molar-refractivity contribution in [2.45, 2.75) is 12.3 Å². The predicted molar refractivity (Wildman–Crippen MR) is 117 cm³/mol. The molecule has 0 bridgehead atoms. The van der Waals surface area contributed by atoms with Crippen molar-refractivity contribution in [2.24, 2.45) is 0 Å². The smallest absolute Gasteiger partial charge is 0.258 e. The second kappa shape index (κ2) is 8.81. The van der Waals surface area contributed by atoms with Crippen molar-refractivity contribution in [1.82, 2.24) is 19.2 Å². The van der Waals surface area contributed by atoms with Gasteiger partial charge in [0.1, 0.15) is 5.82 Å². The molecule has 0 fully saturated rings. The van der Waals surface area contributed by atoms with Crippen LogP contribution in [-0.4, -0.2) is 30.8 Å². The molecule has 1 amide bonds. The van der Waals surface area contributed by atoms with Crippen molar-refractivity contribution >= 4 is 51.4 Å². The van der Waals surface area contributed by atoms with E-state index in [0.29, 0.717) is 33.8 Å². The first-order chi connectivity index (χ1) is 14.1. The third-order valence-corrected chi connectivity index (χ3v) is 6.04. The number of thioether (sulfide) groups is 1. The number of anilines is 1. The van der Waals surface area contributed by atoms with Gasteiger partial charge < -0.3 is 5.32 Å². The highest BCUT2D eigenvalue weighted by molar-refractivity contribution is 7.99. The number of nitrogens with zero attached hydrogens (tertiary/aromatic N) is 4. The average Bonchev–Trinajstić information content (AvgIpc) is 3.33. The molecule has 4 aromatic rings. The van der Waals surface area contributed by atoms with E-state index in [2.05, 4.69) is 15.4 Å². The summed E-state index contributed by atoms with van der Waals surface area (Å²) in [5.41, 5.74) is 1.59. The molecular weight excluding hydrogens is 430 g/mol. The van der Waals surface area contributed by atoms with Gasteiger partial charge in [0, 0.05) is 34.5 Å². The highest BCUT2D eigenvalue weighted by Crippen LogP contribution is 2.15. The normalized spacial score (nSPS) is 11.1. The zero-order chi connectivity index (χ0) is 20.2. The molecule has 0 aliphatic carbocycles. The lowest BCUT2D eigenvalue weighted by molar-refractivity contribution is -0.113. The van der Waals surface area contributed by atoms with Crippen LogP contribution in [-0.2, 0) is 17.1 Å². The Morgan fingerprint density at radius 3 is 2.90 bits per heavy atom. The van der Waals surface area contributed by atoms with Crippen molar-refractivity contribution in [3.63, 3.8) is 0 Å². The molecule has 0 spiro atoms. The third kappa shape index (κ3) is 4.87. The SMILES string of the molecule is O=C(CSCc1cc(=O)n2ccsc2n1)Nc1ccnn1Cc1ccc(Cl)cc1. The van der Waals surface area contributed by atoms with E-state index in [-0.39, 0.29) is 17.2 Å². The van der Waals surface area contributed by atoms with Gasteiger partial charge in [-0.3, -0.25) is 14.0 Å². The van der Waals surface area contributed by atoms with Crippen molar-refractivity contribution in [1.29, 1.82) is 0 Å². The van der Waals surface area contributed by atoms with Gasteiger partial charge >= 0.3 is 0 Å². The summed E-state index contributed by atoms with van der Waals surface area (Å²) in [6.45, 7) is 0.529. The van der Waals surface area contributed by atoms with Crippen LogP contribution in [0.1, 0.15) is 11.3 Å². The van der Waals surface area contributed by atoms with Gasteiger partial charge in [0.15, 0.2) is 4.96 Å². The van der Waals surface area contributed by atoms with Crippen LogP contribution in [0, 0.1) is 0 Å². The van der Waals surface area contributed by atoms with Crippen LogP contribution < -0.4 is 10.9 Å². The van der Waals surface area contributed by atoms with Crippen LogP contribution in [0.15, 0.2) is 59.0 Å². The monoisotopic (exact) mass is 445 g/mol. The summed E-state index contributed by atoms with van der Waals surface area (Å²) in [6.07, 6.45) is 3.35. The molecular formula is C19H16ClN5O2S2. The maximum atomic E-state index is 12.3. The molecule has 0 aliphatic rings. The predicted octanol–water partition coefficient (Wildman–Crippen LogP) is 3.53. The lowest BCUT2D eigenvalue weighted by atomic mass is 10.2. The summed E-state index contributed by atoms with van der Waals surface area (Å²) in [5, 5.41) is 9.64. The molecule has 148 valence electrons. The number of hydrogen-bond donors (Lipinski definition) is 1. The van der Waals surface area contributed by atoms with E-state index in [4.69, 9.17) is 11.6 Å². The van der Waals surface area contributed by atoms with Gasteiger partial charge in [0.2, 0.25) is 5.91 Å². The number of carbonyl (C=O) groups is 1. The molecule has 0 saturated heterocycles. The molecule has 4 rings (SSSR count). The number of rotatable bonds is 7. The lowest BCUT2D eigenvalue weighted by Crippen LogP contribution is -2.18. The fourth-order valence-electron chi connectivity index (χ4n) is 2.72. The van der Waals surface area contributed by atoms with Gasteiger partial charge in [0.25, 0.3) is 5.56 Å². The molecule has 0 atom stereocenters. The van der Waals surface area contributed by atoms with Crippen molar-refractivity contribution in [3.8, 4) is 0 Å². The van der Waals surface area contributed by atoms with Crippen LogP contribution in [0.25, 0.3) is 4.96 Å². The minimum Gasteiger partial charge on any atom is -0.310 e. The molecule has 0 unspecified atom stereocenters. The second-order valence-electron chi connectivity index (χ2n) is 6.18. The molecule has 0 radical (unpaired) electrons. The molecule has 7 nitrogen and oxygen atoms in total. The summed E-state index contributed by atoms with van der Waals surface area (Å²) < 4.78 is 3.23. The largest absolute Gasteiger partial charge is 0.310 e. The van der Waals surface area contributed by atoms with Gasteiger partial charge in [0.05, 0.1) is 24.2 Å². The first kappa shape index (κ1) is 19.7. The highest BCUT2D eigenvalue weighted by Gasteiger charge is 2.09. The van der Waals surface area contributed by atoms with E-state index in [1.807, 2.05) is 29.6 Å². The van der Waals surface area contributed by atoms with Crippen molar-refractivity contribution in [3.05, 3.63) is 80.8 Å². The van der Waals surface area contributed by atoms with Gasteiger partial charge in [-0.2, -0.15) is 5.10 Å². The van der Waals surface area contributed by atoms with E-state index in [0.717, 1.165) is 5.56 Å². The Morgan fingerprint density at radius 1 is 1.24 bits per heavy atom. The summed E-state index contributed by atoms with van der Waals surface area (Å²) >= 11 is 8.73. The standard InChI is InChI=1S/C19H16ClN5O2S2/c20-14-3-1-13(2-4-14)10-25-16(5-6-21-25)23-17(26)12-28-11-15-9-18(27)24-7-8-29-19(24)22-15/h1-9H,10-12H2,(H,23,26). The number of hydrogen-bond acceptors (Lipinski definition) is 6. The van der Waals surface area contributed by atoms with E-state index in [9.17, 15) is 9.59 Å². The summed E-state index contributed by atoms with van der Waals surface area (Å²) in [7, 11) is 0. The second-order valence-corrected chi connectivity index (χ2v) is 8.48. The zero-order valence-electron chi connectivity index (χ0n) is 15.1. The fourth-order valence-corrected chi connectivity index (χ4v) is 4.30. The van der Waals surface area contributed by atoms with Crippen LogP contribution in [0.2, 0.25) is 5.02 Å². The Kier molecular flexibility index (Phi) is 5.98. The van der Waals surface area contributed by atoms with Crippen LogP contribution in [0.4, 0.5) is 5.82 Å². The molecule has 1 N–H and O–H groups in total. The van der Waals surface area contributed by atoms with Crippen LogP contribution >= 0.6 is 34.7 Å². The van der Waals surface area contributed by atoms with E-state index in [1.165, 1.54) is 33.6 Å². The highest BCUT2D eigenvalue weighted by atomic mass is 35.5. The van der Waals surface area contributed by atoms with E-state index in [1.54, 1.807) is 23.1 Å². The number of nitrogens with one attached hydrogen (secondary N) is 1. The van der Waals surface area contributed by atoms with Gasteiger partial charge in [-0.25, -0.2) is 9.67 Å². The number of halogens is 1. The Balaban J connectivity index is 1.32. The van der Waals surface area contributed by atoms with E-state index < -0.39 is 0 Å². The minimum atomic E-state index is -0.137. The summed E-state index contributed by atoms with van der Waals surface area (Å²) in [6, 6.07) is 10.7. The minimum absolute atomic E-state index is 0.109. The van der Waals surface area contributed by atoms with Gasteiger partial charge in [-0.15, -0.1) is 23.1 Å². The molecule has 3 aromatic heterocycles. The Hall–Kier alpha value is -2.62. The lowest BCUT2D eigenvalue weighted by Gasteiger charge is -2.09. The maximum absolute atomic E-state index is 12.3. The average molecular weight is 446 g/mol. The van der Waals surface area contributed by atoms with Gasteiger partial charge in [-0.05, 0) is 17.7 Å². The summed E-state index contributed by atoms with van der Waals surface area (Å²) in [4.78, 5) is 29.4. The van der Waals surface area contributed by atoms with Crippen LogP contribution in [0.3, 0.4) is 0 Å². The number of carbonyl (C=O) groups excluding carboxylic acids is 1. The Bertz CT molecular complexity index is 1200.